The first-order valence-electron chi connectivity index (χ1n) is 13.5. The zero-order valence-electron chi connectivity index (χ0n) is 20.9. The van der Waals surface area contributed by atoms with Crippen LogP contribution < -0.4 is 0 Å². The highest BCUT2D eigenvalue weighted by atomic mass is 16.6. The molecule has 5 fully saturated rings. The molecule has 0 bridgehead atoms. The lowest BCUT2D eigenvalue weighted by atomic mass is 9.44. The van der Waals surface area contributed by atoms with Gasteiger partial charge in [0.25, 0.3) is 0 Å². The summed E-state index contributed by atoms with van der Waals surface area (Å²) in [6.07, 6.45) is 8.49. The second kappa shape index (κ2) is 7.39. The largest absolute Gasteiger partial charge is 0.462 e. The molecule has 13 atom stereocenters. The smallest absolute Gasteiger partial charge is 0.311 e. The summed E-state index contributed by atoms with van der Waals surface area (Å²) in [5.74, 6) is 1.55. The third-order valence-corrected chi connectivity index (χ3v) is 12.0. The highest BCUT2D eigenvalue weighted by molar-refractivity contribution is 5.98. The van der Waals surface area contributed by atoms with Crippen molar-refractivity contribution in [1.29, 1.82) is 0 Å². The summed E-state index contributed by atoms with van der Waals surface area (Å²) in [6, 6.07) is 0. The Labute approximate surface area is 202 Å². The Hall–Kier alpha value is -1.24. The number of hydrogen-bond donors (Lipinski definition) is 2. The predicted molar refractivity (Wildman–Crippen MR) is 124 cm³/mol. The van der Waals surface area contributed by atoms with Gasteiger partial charge in [0.15, 0.2) is 5.78 Å². The predicted octanol–water partition coefficient (Wildman–Crippen LogP) is 3.29. The average molecular weight is 473 g/mol. The molecular weight excluding hydrogens is 432 g/mol. The van der Waals surface area contributed by atoms with Gasteiger partial charge in [-0.3, -0.25) is 9.59 Å². The van der Waals surface area contributed by atoms with Gasteiger partial charge >= 0.3 is 5.97 Å². The van der Waals surface area contributed by atoms with E-state index in [2.05, 4.69) is 27.7 Å². The topological polar surface area (TPSA) is 96.4 Å². The van der Waals surface area contributed by atoms with Crippen LogP contribution in [0.3, 0.4) is 0 Å². The Bertz CT molecular complexity index is 930. The number of fused-ring (bicyclic) bond motifs is 4. The van der Waals surface area contributed by atoms with Crippen molar-refractivity contribution < 1.29 is 29.3 Å². The van der Waals surface area contributed by atoms with Crippen LogP contribution in [0.5, 0.6) is 0 Å². The third-order valence-electron chi connectivity index (χ3n) is 12.0. The van der Waals surface area contributed by atoms with E-state index >= 15 is 0 Å². The van der Waals surface area contributed by atoms with Gasteiger partial charge in [0.2, 0.25) is 0 Å². The molecule has 188 valence electrons. The van der Waals surface area contributed by atoms with Crippen LogP contribution in [-0.4, -0.2) is 52.5 Å². The Morgan fingerprint density at radius 2 is 1.91 bits per heavy atom. The molecule has 4 unspecified atom stereocenters. The zero-order valence-corrected chi connectivity index (χ0v) is 20.9. The maximum atomic E-state index is 13.3. The summed E-state index contributed by atoms with van der Waals surface area (Å²) in [5.41, 5.74) is -1.20. The number of ether oxygens (including phenoxy) is 2. The maximum absolute atomic E-state index is 13.3. The van der Waals surface area contributed by atoms with E-state index in [1.807, 2.05) is 0 Å². The normalized spacial score (nSPS) is 56.6. The molecule has 6 heteroatoms. The van der Waals surface area contributed by atoms with Crippen molar-refractivity contribution in [3.63, 3.8) is 0 Å². The molecule has 3 saturated carbocycles. The highest BCUT2D eigenvalue weighted by Gasteiger charge is 2.80. The van der Waals surface area contributed by atoms with Crippen molar-refractivity contribution in [3.8, 4) is 0 Å². The Morgan fingerprint density at radius 3 is 2.62 bits per heavy atom. The molecule has 4 aliphatic carbocycles. The van der Waals surface area contributed by atoms with Crippen LogP contribution in [0.2, 0.25) is 0 Å². The van der Waals surface area contributed by atoms with Crippen LogP contribution in [0.25, 0.3) is 0 Å². The molecule has 2 heterocycles. The average Bonchev–Trinajstić information content (AvgIpc) is 3.43. The van der Waals surface area contributed by atoms with Crippen LogP contribution in [0.1, 0.15) is 66.2 Å². The van der Waals surface area contributed by atoms with Gasteiger partial charge in [-0.25, -0.2) is 0 Å². The molecule has 0 radical (unpaired) electrons. The minimum atomic E-state index is -0.714. The van der Waals surface area contributed by atoms with Gasteiger partial charge < -0.3 is 19.7 Å². The van der Waals surface area contributed by atoms with Crippen LogP contribution in [0, 0.1) is 52.3 Å². The van der Waals surface area contributed by atoms with Crippen molar-refractivity contribution in [1.82, 2.24) is 0 Å². The molecule has 0 aromatic rings. The second-order valence-corrected chi connectivity index (χ2v) is 12.9. The Balaban J connectivity index is 1.25. The molecule has 6 nitrogen and oxygen atoms in total. The molecule has 2 saturated heterocycles. The van der Waals surface area contributed by atoms with E-state index in [1.165, 1.54) is 0 Å². The molecule has 2 aliphatic heterocycles. The molecule has 0 aromatic carbocycles. The molecular formula is C28H40O6. The first kappa shape index (κ1) is 23.2. The van der Waals surface area contributed by atoms with E-state index in [4.69, 9.17) is 9.47 Å². The van der Waals surface area contributed by atoms with E-state index in [0.29, 0.717) is 17.8 Å². The highest BCUT2D eigenvalue weighted by Crippen LogP contribution is 2.73. The van der Waals surface area contributed by atoms with Gasteiger partial charge in [0.1, 0.15) is 17.8 Å². The molecule has 6 rings (SSSR count). The molecule has 6 aliphatic rings. The van der Waals surface area contributed by atoms with Crippen LogP contribution in [0.15, 0.2) is 12.2 Å². The minimum Gasteiger partial charge on any atom is -0.462 e. The van der Waals surface area contributed by atoms with Gasteiger partial charge in [-0.05, 0) is 98.5 Å². The maximum Gasteiger partial charge on any atom is 0.311 e. The summed E-state index contributed by atoms with van der Waals surface area (Å²) in [4.78, 5) is 25.8. The fraction of sp³-hybridized carbons (Fsp3) is 0.857. The second-order valence-electron chi connectivity index (χ2n) is 12.9. The molecule has 1 spiro atoms. The number of epoxide rings is 1. The van der Waals surface area contributed by atoms with E-state index in [1.54, 1.807) is 12.2 Å². The van der Waals surface area contributed by atoms with E-state index < -0.39 is 23.0 Å². The lowest BCUT2D eigenvalue weighted by molar-refractivity contribution is -0.174. The van der Waals surface area contributed by atoms with Gasteiger partial charge in [-0.1, -0.05) is 20.8 Å². The number of allylic oxidation sites excluding steroid dienone is 1. The van der Waals surface area contributed by atoms with Crippen molar-refractivity contribution in [3.05, 3.63) is 12.2 Å². The number of carbonyl (C=O) groups excluding carboxylic acids is 2. The van der Waals surface area contributed by atoms with E-state index in [0.717, 1.165) is 38.5 Å². The molecule has 2 N–H and O–H groups in total. The van der Waals surface area contributed by atoms with Crippen LogP contribution >= 0.6 is 0 Å². The number of aliphatic hydroxyl groups excluding tert-OH is 2. The molecule has 0 amide bonds. The zero-order chi connectivity index (χ0) is 24.2. The first-order chi connectivity index (χ1) is 16.1. The fourth-order valence-corrected chi connectivity index (χ4v) is 9.98. The molecule has 34 heavy (non-hydrogen) atoms. The number of cyclic esters (lactones) is 1. The minimum absolute atomic E-state index is 0.0305. The summed E-state index contributed by atoms with van der Waals surface area (Å²) in [5, 5.41) is 20.4. The number of aliphatic hydroxyl groups is 2. The standard InChI is InChI=1S/C28H40O6/c1-14-11-21(33-25(32)17(14)13-29)15(2)18-5-6-19-16-12-24-28(34-24)23(31)8-7-22(30)27(28,4)20(16)9-10-26(18,19)3/h7-8,14-21,23-24,29,31H,5-6,9-13H2,1-4H3/t14?,15?,16-,17?,18+,19-,20-,21?,23-,24+,26+,27-,28+/m0/s1. The molecule has 0 aromatic heterocycles. The Morgan fingerprint density at radius 1 is 1.15 bits per heavy atom. The lowest BCUT2D eigenvalue weighted by Crippen LogP contribution is -2.63. The monoisotopic (exact) mass is 472 g/mol. The summed E-state index contributed by atoms with van der Waals surface area (Å²) >= 11 is 0. The summed E-state index contributed by atoms with van der Waals surface area (Å²) in [6.45, 7) is 8.69. The number of carbonyl (C=O) groups is 2. The van der Waals surface area contributed by atoms with Crippen molar-refractivity contribution in [2.45, 2.75) is 90.1 Å². The number of esters is 1. The van der Waals surface area contributed by atoms with Gasteiger partial charge in [-0.15, -0.1) is 0 Å². The van der Waals surface area contributed by atoms with Crippen molar-refractivity contribution in [2.75, 3.05) is 6.61 Å². The van der Waals surface area contributed by atoms with Crippen LogP contribution in [-0.2, 0) is 19.1 Å². The van der Waals surface area contributed by atoms with Crippen molar-refractivity contribution >= 4 is 11.8 Å². The van der Waals surface area contributed by atoms with Gasteiger partial charge in [0.05, 0.1) is 24.0 Å². The van der Waals surface area contributed by atoms with Gasteiger partial charge in [-0.2, -0.15) is 0 Å². The Kier molecular flexibility index (Phi) is 5.04. The van der Waals surface area contributed by atoms with Crippen molar-refractivity contribution in [2.24, 2.45) is 52.3 Å². The SMILES string of the molecule is CC1CC(C(C)[C@H]2CC[C@H]3[C@@H]4C[C@H]5O[C@]56[C@@H](O)C=CC(=O)[C@]6(C)[C@H]4CC[C@]23C)OC(=O)C1CO. The van der Waals surface area contributed by atoms with Gasteiger partial charge in [0, 0.05) is 0 Å². The fourth-order valence-electron chi connectivity index (χ4n) is 9.98. The number of rotatable bonds is 3. The van der Waals surface area contributed by atoms with E-state index in [-0.39, 0.29) is 53.7 Å². The summed E-state index contributed by atoms with van der Waals surface area (Å²) in [7, 11) is 0. The third kappa shape index (κ3) is 2.68. The van der Waals surface area contributed by atoms with E-state index in [9.17, 15) is 19.8 Å². The number of hydrogen-bond acceptors (Lipinski definition) is 6. The quantitative estimate of drug-likeness (QED) is 0.483. The summed E-state index contributed by atoms with van der Waals surface area (Å²) < 4.78 is 12.1. The number of ketones is 1. The van der Waals surface area contributed by atoms with Crippen LogP contribution in [0.4, 0.5) is 0 Å². The lowest BCUT2D eigenvalue weighted by Gasteiger charge is -2.58. The first-order valence-corrected chi connectivity index (χ1v) is 13.5.